The minimum Gasteiger partial charge on any atom is -0.356 e. The van der Waals surface area contributed by atoms with Gasteiger partial charge < -0.3 is 10.2 Å². The van der Waals surface area contributed by atoms with Crippen LogP contribution in [0.3, 0.4) is 0 Å². The number of nitro benzene ring substituents is 2. The van der Waals surface area contributed by atoms with Crippen molar-refractivity contribution in [1.29, 1.82) is 0 Å². The number of rotatable bonds is 15. The van der Waals surface area contributed by atoms with E-state index in [0.717, 1.165) is 37.5 Å². The fourth-order valence-corrected chi connectivity index (χ4v) is 3.66. The number of hydrogen-bond acceptors (Lipinski definition) is 6. The lowest BCUT2D eigenvalue weighted by molar-refractivity contribution is -0.394. The Labute approximate surface area is 204 Å². The standard InChI is InChI=1S/C25H32N4O6/c1-2-3-4-5-6-10-14-24(30)26-15-11-16-27(21-12-8-7-9-13-21)25(31)20-17-22(28(32)33)19-23(18-20)29(34)35/h7-9,12-13,17-19H,2-6,10-11,14-16H2,1H3,(H,26,30). The number of nitrogens with zero attached hydrogens (tertiary/aromatic N) is 3. The maximum absolute atomic E-state index is 13.3. The normalized spacial score (nSPS) is 10.5. The first-order valence-corrected chi connectivity index (χ1v) is 11.9. The van der Waals surface area contributed by atoms with Gasteiger partial charge in [0.25, 0.3) is 17.3 Å². The Bertz CT molecular complexity index is 980. The minimum absolute atomic E-state index is 0.0348. The maximum Gasteiger partial charge on any atom is 0.277 e. The summed E-state index contributed by atoms with van der Waals surface area (Å²) in [5.41, 5.74) is -0.665. The maximum atomic E-state index is 13.3. The van der Waals surface area contributed by atoms with Crippen LogP contribution in [0.25, 0.3) is 0 Å². The van der Waals surface area contributed by atoms with Gasteiger partial charge in [-0.05, 0) is 25.0 Å². The summed E-state index contributed by atoms with van der Waals surface area (Å²) in [6.07, 6.45) is 7.49. The zero-order valence-corrected chi connectivity index (χ0v) is 20.0. The molecule has 0 radical (unpaired) electrons. The summed E-state index contributed by atoms with van der Waals surface area (Å²) >= 11 is 0. The van der Waals surface area contributed by atoms with Crippen LogP contribution in [0.2, 0.25) is 0 Å². The van der Waals surface area contributed by atoms with Crippen LogP contribution in [0.4, 0.5) is 17.1 Å². The van der Waals surface area contributed by atoms with Gasteiger partial charge in [-0.25, -0.2) is 0 Å². The van der Waals surface area contributed by atoms with Gasteiger partial charge in [0.2, 0.25) is 5.91 Å². The van der Waals surface area contributed by atoms with E-state index in [1.165, 1.54) is 24.2 Å². The largest absolute Gasteiger partial charge is 0.356 e. The third-order valence-corrected chi connectivity index (χ3v) is 5.52. The van der Waals surface area contributed by atoms with Gasteiger partial charge >= 0.3 is 0 Å². The molecular formula is C25H32N4O6. The molecule has 188 valence electrons. The molecule has 0 heterocycles. The summed E-state index contributed by atoms with van der Waals surface area (Å²) in [5.74, 6) is -0.631. The van der Waals surface area contributed by atoms with Crippen LogP contribution in [0.1, 0.15) is 68.6 Å². The molecule has 0 saturated heterocycles. The predicted octanol–water partition coefficient (Wildman–Crippen LogP) is 5.41. The number of carbonyl (C=O) groups excluding carboxylic acids is 2. The molecule has 0 atom stereocenters. The van der Waals surface area contributed by atoms with Gasteiger partial charge in [-0.1, -0.05) is 57.2 Å². The number of non-ortho nitro benzene ring substituents is 2. The van der Waals surface area contributed by atoms with Crippen LogP contribution in [0, 0.1) is 20.2 Å². The highest BCUT2D eigenvalue weighted by molar-refractivity contribution is 6.06. The van der Waals surface area contributed by atoms with Crippen LogP contribution >= 0.6 is 0 Å². The lowest BCUT2D eigenvalue weighted by Crippen LogP contribution is -2.34. The number of amides is 2. The van der Waals surface area contributed by atoms with E-state index in [1.54, 1.807) is 30.3 Å². The highest BCUT2D eigenvalue weighted by Crippen LogP contribution is 2.25. The monoisotopic (exact) mass is 484 g/mol. The molecule has 0 bridgehead atoms. The van der Waals surface area contributed by atoms with Crippen LogP contribution in [-0.2, 0) is 4.79 Å². The van der Waals surface area contributed by atoms with Crippen molar-refractivity contribution in [2.24, 2.45) is 0 Å². The van der Waals surface area contributed by atoms with E-state index in [9.17, 15) is 29.8 Å². The van der Waals surface area contributed by atoms with Crippen molar-refractivity contribution in [3.8, 4) is 0 Å². The lowest BCUT2D eigenvalue weighted by Gasteiger charge is -2.23. The van der Waals surface area contributed by atoms with Crippen LogP contribution in [-0.4, -0.2) is 34.8 Å². The van der Waals surface area contributed by atoms with Crippen LogP contribution in [0.5, 0.6) is 0 Å². The molecule has 0 aliphatic rings. The van der Waals surface area contributed by atoms with E-state index in [4.69, 9.17) is 0 Å². The molecule has 1 N–H and O–H groups in total. The number of benzene rings is 2. The van der Waals surface area contributed by atoms with Crippen molar-refractivity contribution in [3.63, 3.8) is 0 Å². The third kappa shape index (κ3) is 9.15. The van der Waals surface area contributed by atoms with Gasteiger partial charge in [0.15, 0.2) is 0 Å². The first kappa shape index (κ1) is 27.4. The number of anilines is 1. The van der Waals surface area contributed by atoms with E-state index in [2.05, 4.69) is 12.2 Å². The molecule has 10 heteroatoms. The summed E-state index contributed by atoms with van der Waals surface area (Å²) in [7, 11) is 0. The second kappa shape index (κ2) is 14.4. The number of nitrogens with one attached hydrogen (secondary N) is 1. The summed E-state index contributed by atoms with van der Waals surface area (Å²) in [6.45, 7) is 2.74. The van der Waals surface area contributed by atoms with Gasteiger partial charge in [0.1, 0.15) is 0 Å². The van der Waals surface area contributed by atoms with E-state index >= 15 is 0 Å². The molecule has 0 aromatic heterocycles. The molecule has 10 nitrogen and oxygen atoms in total. The Balaban J connectivity index is 2.02. The molecule has 0 unspecified atom stereocenters. The average Bonchev–Trinajstić information content (AvgIpc) is 2.86. The summed E-state index contributed by atoms with van der Waals surface area (Å²) in [5, 5.41) is 25.3. The fourth-order valence-electron chi connectivity index (χ4n) is 3.66. The summed E-state index contributed by atoms with van der Waals surface area (Å²) in [4.78, 5) is 47.7. The summed E-state index contributed by atoms with van der Waals surface area (Å²) in [6, 6.07) is 11.6. The summed E-state index contributed by atoms with van der Waals surface area (Å²) < 4.78 is 0. The van der Waals surface area contributed by atoms with Crippen LogP contribution in [0.15, 0.2) is 48.5 Å². The number of nitro groups is 2. The van der Waals surface area contributed by atoms with Gasteiger partial charge in [-0.3, -0.25) is 29.8 Å². The Hall–Kier alpha value is -3.82. The molecular weight excluding hydrogens is 452 g/mol. The molecule has 0 fully saturated rings. The Morgan fingerprint density at radius 1 is 0.857 bits per heavy atom. The minimum atomic E-state index is -0.768. The first-order chi connectivity index (χ1) is 16.8. The molecule has 0 spiro atoms. The van der Waals surface area contributed by atoms with Crippen molar-refractivity contribution in [1.82, 2.24) is 5.32 Å². The van der Waals surface area contributed by atoms with E-state index < -0.39 is 27.1 Å². The molecule has 0 aliphatic heterocycles. The fraction of sp³-hybridized carbons (Fsp3) is 0.440. The number of unbranched alkanes of at least 4 members (excludes halogenated alkanes) is 5. The van der Waals surface area contributed by atoms with Gasteiger partial charge in [0, 0.05) is 37.3 Å². The highest BCUT2D eigenvalue weighted by Gasteiger charge is 2.24. The Morgan fingerprint density at radius 3 is 2.06 bits per heavy atom. The molecule has 0 saturated carbocycles. The van der Waals surface area contributed by atoms with Crippen molar-refractivity contribution >= 4 is 28.9 Å². The zero-order chi connectivity index (χ0) is 25.6. The van der Waals surface area contributed by atoms with Crippen molar-refractivity contribution in [2.45, 2.75) is 58.3 Å². The molecule has 2 aromatic carbocycles. The smallest absolute Gasteiger partial charge is 0.277 e. The van der Waals surface area contributed by atoms with Crippen LogP contribution < -0.4 is 10.2 Å². The third-order valence-electron chi connectivity index (χ3n) is 5.52. The second-order valence-corrected chi connectivity index (χ2v) is 8.27. The molecule has 0 aliphatic carbocycles. The van der Waals surface area contributed by atoms with E-state index in [1.807, 2.05) is 0 Å². The van der Waals surface area contributed by atoms with Gasteiger partial charge in [-0.15, -0.1) is 0 Å². The molecule has 2 amide bonds. The van der Waals surface area contributed by atoms with Crippen molar-refractivity contribution in [3.05, 3.63) is 74.3 Å². The molecule has 2 aromatic rings. The average molecular weight is 485 g/mol. The van der Waals surface area contributed by atoms with Gasteiger partial charge in [-0.2, -0.15) is 0 Å². The second-order valence-electron chi connectivity index (χ2n) is 8.27. The quantitative estimate of drug-likeness (QED) is 0.204. The topological polar surface area (TPSA) is 136 Å². The number of hydrogen-bond donors (Lipinski definition) is 1. The van der Waals surface area contributed by atoms with E-state index in [-0.39, 0.29) is 18.0 Å². The van der Waals surface area contributed by atoms with Gasteiger partial charge in [0.05, 0.1) is 21.5 Å². The van der Waals surface area contributed by atoms with E-state index in [0.29, 0.717) is 25.1 Å². The highest BCUT2D eigenvalue weighted by atomic mass is 16.6. The SMILES string of the molecule is CCCCCCCCC(=O)NCCCN(C(=O)c1cc([N+](=O)[O-])cc([N+](=O)[O-])c1)c1ccccc1. The zero-order valence-electron chi connectivity index (χ0n) is 20.0. The van der Waals surface area contributed by atoms with Crippen molar-refractivity contribution in [2.75, 3.05) is 18.0 Å². The molecule has 2 rings (SSSR count). The molecule has 35 heavy (non-hydrogen) atoms. The number of para-hydroxylation sites is 1. The Kier molecular flexibility index (Phi) is 11.3. The van der Waals surface area contributed by atoms with Crippen molar-refractivity contribution < 1.29 is 19.4 Å². The predicted molar refractivity (Wildman–Crippen MR) is 133 cm³/mol. The number of carbonyl (C=O) groups is 2. The Morgan fingerprint density at radius 2 is 1.46 bits per heavy atom. The lowest BCUT2D eigenvalue weighted by atomic mass is 10.1. The first-order valence-electron chi connectivity index (χ1n) is 11.9.